The monoisotopic (exact) mass is 228 g/mol. The molecular formula is C11H20N2OS. The van der Waals surface area contributed by atoms with Crippen LogP contribution in [0.5, 0.6) is 0 Å². The molecule has 0 heterocycles. The SMILES string of the molecule is CCCC(C(=O)N(CC)C1CC1)C(N)=S. The van der Waals surface area contributed by atoms with Gasteiger partial charge in [0.05, 0.1) is 10.9 Å². The molecule has 0 aromatic rings. The lowest BCUT2D eigenvalue weighted by Gasteiger charge is -2.25. The molecule has 15 heavy (non-hydrogen) atoms. The highest BCUT2D eigenvalue weighted by molar-refractivity contribution is 7.80. The van der Waals surface area contributed by atoms with Crippen LogP contribution >= 0.6 is 12.2 Å². The Morgan fingerprint density at radius 3 is 2.47 bits per heavy atom. The number of rotatable bonds is 6. The van der Waals surface area contributed by atoms with E-state index in [-0.39, 0.29) is 11.8 Å². The molecule has 1 saturated carbocycles. The first-order valence-corrected chi connectivity index (χ1v) is 6.12. The van der Waals surface area contributed by atoms with Gasteiger partial charge < -0.3 is 10.6 Å². The summed E-state index contributed by atoms with van der Waals surface area (Å²) in [5, 5.41) is 0. The minimum Gasteiger partial charge on any atom is -0.393 e. The highest BCUT2D eigenvalue weighted by Crippen LogP contribution is 2.28. The van der Waals surface area contributed by atoms with Crippen LogP contribution in [0.1, 0.15) is 39.5 Å². The number of nitrogens with two attached hydrogens (primary N) is 1. The van der Waals surface area contributed by atoms with Crippen LogP contribution in [0.3, 0.4) is 0 Å². The molecule has 1 amide bonds. The number of hydrogen-bond acceptors (Lipinski definition) is 2. The fourth-order valence-corrected chi connectivity index (χ4v) is 2.08. The molecule has 0 aromatic heterocycles. The quantitative estimate of drug-likeness (QED) is 0.704. The maximum atomic E-state index is 12.1. The summed E-state index contributed by atoms with van der Waals surface area (Å²) >= 11 is 4.96. The van der Waals surface area contributed by atoms with E-state index in [1.165, 1.54) is 0 Å². The van der Waals surface area contributed by atoms with Gasteiger partial charge >= 0.3 is 0 Å². The summed E-state index contributed by atoms with van der Waals surface area (Å²) in [5.74, 6) is -0.111. The van der Waals surface area contributed by atoms with E-state index in [2.05, 4.69) is 0 Å². The number of carbonyl (C=O) groups excluding carboxylic acids is 1. The van der Waals surface area contributed by atoms with Crippen molar-refractivity contribution in [1.82, 2.24) is 4.90 Å². The van der Waals surface area contributed by atoms with Gasteiger partial charge in [0.1, 0.15) is 0 Å². The van der Waals surface area contributed by atoms with Gasteiger partial charge in [-0.15, -0.1) is 0 Å². The van der Waals surface area contributed by atoms with Crippen molar-refractivity contribution < 1.29 is 4.79 Å². The summed E-state index contributed by atoms with van der Waals surface area (Å²) in [6.45, 7) is 4.83. The van der Waals surface area contributed by atoms with Crippen LogP contribution in [-0.4, -0.2) is 28.4 Å². The summed E-state index contributed by atoms with van der Waals surface area (Å²) in [6.07, 6.45) is 3.98. The number of amides is 1. The van der Waals surface area contributed by atoms with E-state index in [4.69, 9.17) is 18.0 Å². The van der Waals surface area contributed by atoms with Crippen molar-refractivity contribution in [3.8, 4) is 0 Å². The van der Waals surface area contributed by atoms with Crippen molar-refractivity contribution >= 4 is 23.1 Å². The zero-order chi connectivity index (χ0) is 11.4. The van der Waals surface area contributed by atoms with E-state index in [1.807, 2.05) is 18.7 Å². The van der Waals surface area contributed by atoms with Gasteiger partial charge in [0.15, 0.2) is 0 Å². The second-order valence-corrected chi connectivity index (χ2v) is 4.57. The summed E-state index contributed by atoms with van der Waals surface area (Å²) in [4.78, 5) is 14.4. The summed E-state index contributed by atoms with van der Waals surface area (Å²) in [5.41, 5.74) is 5.62. The Bertz CT molecular complexity index is 251. The van der Waals surface area contributed by atoms with Crippen LogP contribution in [0.15, 0.2) is 0 Å². The van der Waals surface area contributed by atoms with E-state index < -0.39 is 0 Å². The van der Waals surface area contributed by atoms with E-state index in [0.29, 0.717) is 11.0 Å². The van der Waals surface area contributed by atoms with Gasteiger partial charge in [-0.05, 0) is 26.2 Å². The molecule has 0 radical (unpaired) electrons. The van der Waals surface area contributed by atoms with Crippen LogP contribution in [-0.2, 0) is 4.79 Å². The molecule has 0 spiro atoms. The number of hydrogen-bond donors (Lipinski definition) is 1. The predicted octanol–water partition coefficient (Wildman–Crippen LogP) is 1.70. The normalized spacial score (nSPS) is 17.2. The summed E-state index contributed by atoms with van der Waals surface area (Å²) < 4.78 is 0. The molecule has 1 unspecified atom stereocenters. The Morgan fingerprint density at radius 2 is 2.13 bits per heavy atom. The van der Waals surface area contributed by atoms with Crippen LogP contribution in [0.25, 0.3) is 0 Å². The average Bonchev–Trinajstić information content (AvgIpc) is 2.98. The van der Waals surface area contributed by atoms with Crippen LogP contribution < -0.4 is 5.73 Å². The number of carbonyl (C=O) groups is 1. The molecule has 0 aromatic carbocycles. The summed E-state index contributed by atoms with van der Waals surface area (Å²) in [7, 11) is 0. The van der Waals surface area contributed by atoms with E-state index in [9.17, 15) is 4.79 Å². The topological polar surface area (TPSA) is 46.3 Å². The number of nitrogens with zero attached hydrogens (tertiary/aromatic N) is 1. The fourth-order valence-electron chi connectivity index (χ4n) is 1.86. The van der Waals surface area contributed by atoms with Crippen molar-refractivity contribution in [3.05, 3.63) is 0 Å². The van der Waals surface area contributed by atoms with Crippen molar-refractivity contribution in [2.24, 2.45) is 11.7 Å². The first-order valence-electron chi connectivity index (χ1n) is 5.71. The molecule has 4 heteroatoms. The number of thiocarbonyl (C=S) groups is 1. The molecule has 86 valence electrons. The van der Waals surface area contributed by atoms with E-state index >= 15 is 0 Å². The van der Waals surface area contributed by atoms with Gasteiger partial charge in [0, 0.05) is 12.6 Å². The zero-order valence-electron chi connectivity index (χ0n) is 9.53. The van der Waals surface area contributed by atoms with Gasteiger partial charge in [0.25, 0.3) is 0 Å². The van der Waals surface area contributed by atoms with E-state index in [1.54, 1.807) is 0 Å². The zero-order valence-corrected chi connectivity index (χ0v) is 10.3. The van der Waals surface area contributed by atoms with Gasteiger partial charge in [-0.1, -0.05) is 25.6 Å². The van der Waals surface area contributed by atoms with Crippen molar-refractivity contribution in [1.29, 1.82) is 0 Å². The van der Waals surface area contributed by atoms with Crippen molar-refractivity contribution in [2.45, 2.75) is 45.6 Å². The molecule has 0 saturated heterocycles. The Hall–Kier alpha value is -0.640. The second kappa shape index (κ2) is 5.45. The van der Waals surface area contributed by atoms with Gasteiger partial charge in [-0.25, -0.2) is 0 Å². The molecule has 1 fully saturated rings. The maximum absolute atomic E-state index is 12.1. The molecule has 3 nitrogen and oxygen atoms in total. The lowest BCUT2D eigenvalue weighted by Crippen LogP contribution is -2.42. The third-order valence-electron chi connectivity index (χ3n) is 2.83. The third kappa shape index (κ3) is 3.16. The first-order chi connectivity index (χ1) is 7.11. The Morgan fingerprint density at radius 1 is 1.53 bits per heavy atom. The highest BCUT2D eigenvalue weighted by atomic mass is 32.1. The molecular weight excluding hydrogens is 208 g/mol. The molecule has 1 aliphatic rings. The molecule has 1 atom stereocenters. The van der Waals surface area contributed by atoms with Crippen LogP contribution in [0.4, 0.5) is 0 Å². The van der Waals surface area contributed by atoms with Crippen LogP contribution in [0, 0.1) is 5.92 Å². The maximum Gasteiger partial charge on any atom is 0.232 e. The Labute approximate surface area is 97.0 Å². The van der Waals surface area contributed by atoms with E-state index in [0.717, 1.165) is 32.2 Å². The Kier molecular flexibility index (Phi) is 4.51. The minimum absolute atomic E-state index is 0.134. The second-order valence-electron chi connectivity index (χ2n) is 4.10. The Balaban J connectivity index is 2.64. The minimum atomic E-state index is -0.245. The van der Waals surface area contributed by atoms with Gasteiger partial charge in [-0.3, -0.25) is 4.79 Å². The highest BCUT2D eigenvalue weighted by Gasteiger charge is 2.35. The molecule has 0 bridgehead atoms. The molecule has 1 aliphatic carbocycles. The molecule has 1 rings (SSSR count). The standard InChI is InChI=1S/C11H20N2OS/c1-3-5-9(10(12)15)11(14)13(4-2)8-6-7-8/h8-9H,3-7H2,1-2H3,(H2,12,15). The molecule has 2 N–H and O–H groups in total. The lowest BCUT2D eigenvalue weighted by molar-refractivity contribution is -0.133. The summed E-state index contributed by atoms with van der Waals surface area (Å²) in [6, 6.07) is 0.455. The predicted molar refractivity (Wildman–Crippen MR) is 65.6 cm³/mol. The first kappa shape index (κ1) is 12.4. The fraction of sp³-hybridized carbons (Fsp3) is 0.818. The van der Waals surface area contributed by atoms with Crippen molar-refractivity contribution in [3.63, 3.8) is 0 Å². The lowest BCUT2D eigenvalue weighted by atomic mass is 10.0. The van der Waals surface area contributed by atoms with Crippen molar-refractivity contribution in [2.75, 3.05) is 6.54 Å². The average molecular weight is 228 g/mol. The van der Waals surface area contributed by atoms with Crippen LogP contribution in [0.2, 0.25) is 0 Å². The van der Waals surface area contributed by atoms with Gasteiger partial charge in [-0.2, -0.15) is 0 Å². The van der Waals surface area contributed by atoms with Gasteiger partial charge in [0.2, 0.25) is 5.91 Å². The largest absolute Gasteiger partial charge is 0.393 e. The molecule has 0 aliphatic heterocycles. The third-order valence-corrected chi connectivity index (χ3v) is 3.11. The smallest absolute Gasteiger partial charge is 0.232 e.